The second-order valence-electron chi connectivity index (χ2n) is 4.55. The van der Waals surface area contributed by atoms with Crippen LogP contribution in [0.3, 0.4) is 0 Å². The van der Waals surface area contributed by atoms with Crippen LogP contribution >= 0.6 is 0 Å². The van der Waals surface area contributed by atoms with Crippen molar-refractivity contribution in [3.05, 3.63) is 24.3 Å². The summed E-state index contributed by atoms with van der Waals surface area (Å²) in [5, 5.41) is 9.19. The van der Waals surface area contributed by atoms with Crippen LogP contribution in [0.15, 0.2) is 24.3 Å². The average Bonchev–Trinajstić information content (AvgIpc) is 2.90. The molecule has 3 unspecified atom stereocenters. The van der Waals surface area contributed by atoms with Gasteiger partial charge >= 0.3 is 0 Å². The number of carbonyl (C=O) groups is 1. The van der Waals surface area contributed by atoms with Crippen LogP contribution in [0, 0.1) is 17.8 Å². The number of aromatic hydroxyl groups is 1. The minimum absolute atomic E-state index is 0.152. The molecule has 0 aromatic heterocycles. The Balaban J connectivity index is 1.80. The van der Waals surface area contributed by atoms with Crippen molar-refractivity contribution >= 4 is 11.6 Å². The number of benzene rings is 1. The quantitative estimate of drug-likeness (QED) is 0.762. The lowest BCUT2D eigenvalue weighted by Gasteiger charge is -2.19. The standard InChI is InChI=1S/C12H14N2O2/c13-5-9-10-6-14(12(16)11(9)10)7-1-3-8(15)4-2-7/h1-4,9-11,15H,5-6,13H2. The average molecular weight is 218 g/mol. The Labute approximate surface area is 93.7 Å². The first-order chi connectivity index (χ1) is 7.72. The number of hydrogen-bond acceptors (Lipinski definition) is 3. The highest BCUT2D eigenvalue weighted by molar-refractivity contribution is 6.00. The van der Waals surface area contributed by atoms with Gasteiger partial charge in [-0.2, -0.15) is 0 Å². The first kappa shape index (κ1) is 9.66. The van der Waals surface area contributed by atoms with Gasteiger partial charge in [0.2, 0.25) is 5.91 Å². The van der Waals surface area contributed by atoms with E-state index in [0.29, 0.717) is 18.4 Å². The van der Waals surface area contributed by atoms with Gasteiger partial charge in [0.05, 0.1) is 0 Å². The number of anilines is 1. The Bertz CT molecular complexity index is 429. The minimum Gasteiger partial charge on any atom is -0.508 e. The Morgan fingerprint density at radius 2 is 2.06 bits per heavy atom. The monoisotopic (exact) mass is 218 g/mol. The van der Waals surface area contributed by atoms with Gasteiger partial charge in [-0.15, -0.1) is 0 Å². The number of carbonyl (C=O) groups excluding carboxylic acids is 1. The van der Waals surface area contributed by atoms with Gasteiger partial charge in [-0.1, -0.05) is 0 Å². The van der Waals surface area contributed by atoms with E-state index in [1.165, 1.54) is 0 Å². The van der Waals surface area contributed by atoms with Gasteiger partial charge < -0.3 is 15.7 Å². The van der Waals surface area contributed by atoms with Gasteiger partial charge in [-0.3, -0.25) is 4.79 Å². The molecule has 0 spiro atoms. The number of phenolic OH excluding ortho intramolecular Hbond substituents is 1. The van der Waals surface area contributed by atoms with Gasteiger partial charge in [0, 0.05) is 18.2 Å². The van der Waals surface area contributed by atoms with Crippen molar-refractivity contribution in [3.63, 3.8) is 0 Å². The third kappa shape index (κ3) is 1.23. The lowest BCUT2D eigenvalue weighted by molar-refractivity contribution is -0.119. The van der Waals surface area contributed by atoms with E-state index in [0.717, 1.165) is 12.2 Å². The topological polar surface area (TPSA) is 66.6 Å². The second-order valence-corrected chi connectivity index (χ2v) is 4.55. The van der Waals surface area contributed by atoms with Crippen molar-refractivity contribution in [2.24, 2.45) is 23.5 Å². The maximum Gasteiger partial charge on any atom is 0.230 e. The predicted octanol–water partition coefficient (Wildman–Crippen LogP) is 0.560. The lowest BCUT2D eigenvalue weighted by atomic mass is 10.2. The van der Waals surface area contributed by atoms with Crippen LogP contribution < -0.4 is 10.6 Å². The van der Waals surface area contributed by atoms with E-state index < -0.39 is 0 Å². The zero-order chi connectivity index (χ0) is 11.3. The molecule has 2 fully saturated rings. The molecule has 1 amide bonds. The van der Waals surface area contributed by atoms with Crippen LogP contribution in [0.25, 0.3) is 0 Å². The van der Waals surface area contributed by atoms with Gasteiger partial charge in [0.15, 0.2) is 0 Å². The molecular weight excluding hydrogens is 204 g/mol. The van der Waals surface area contributed by atoms with Crippen molar-refractivity contribution in [2.75, 3.05) is 18.0 Å². The fourth-order valence-electron chi connectivity index (χ4n) is 2.73. The molecule has 16 heavy (non-hydrogen) atoms. The normalized spacial score (nSPS) is 31.7. The van der Waals surface area contributed by atoms with E-state index in [2.05, 4.69) is 0 Å². The van der Waals surface area contributed by atoms with Crippen LogP contribution in [0.2, 0.25) is 0 Å². The molecule has 0 bridgehead atoms. The largest absolute Gasteiger partial charge is 0.508 e. The molecule has 0 radical (unpaired) electrons. The van der Waals surface area contributed by atoms with Crippen molar-refractivity contribution < 1.29 is 9.90 Å². The van der Waals surface area contributed by atoms with Crippen molar-refractivity contribution in [3.8, 4) is 5.75 Å². The highest BCUT2D eigenvalue weighted by Crippen LogP contribution is 2.52. The van der Waals surface area contributed by atoms with E-state index in [-0.39, 0.29) is 17.6 Å². The zero-order valence-corrected chi connectivity index (χ0v) is 8.84. The number of amides is 1. The third-order valence-electron chi connectivity index (χ3n) is 3.71. The van der Waals surface area contributed by atoms with E-state index in [1.807, 2.05) is 0 Å². The number of phenols is 1. The SMILES string of the molecule is NCC1C2CN(c3ccc(O)cc3)C(=O)C12. The van der Waals surface area contributed by atoms with Crippen LogP contribution in [0.5, 0.6) is 5.75 Å². The molecular formula is C12H14N2O2. The molecule has 1 saturated heterocycles. The summed E-state index contributed by atoms with van der Waals surface area (Å²) < 4.78 is 0. The van der Waals surface area contributed by atoms with Crippen molar-refractivity contribution in [2.45, 2.75) is 0 Å². The summed E-state index contributed by atoms with van der Waals surface area (Å²) in [7, 11) is 0. The molecule has 3 rings (SSSR count). The smallest absolute Gasteiger partial charge is 0.230 e. The molecule has 1 aromatic carbocycles. The fourth-order valence-corrected chi connectivity index (χ4v) is 2.73. The van der Waals surface area contributed by atoms with E-state index in [4.69, 9.17) is 5.73 Å². The predicted molar refractivity (Wildman–Crippen MR) is 60.0 cm³/mol. The first-order valence-corrected chi connectivity index (χ1v) is 5.53. The van der Waals surface area contributed by atoms with Crippen molar-refractivity contribution in [1.29, 1.82) is 0 Å². The maximum absolute atomic E-state index is 12.0. The summed E-state index contributed by atoms with van der Waals surface area (Å²) >= 11 is 0. The number of piperidine rings is 1. The Kier molecular flexibility index (Phi) is 1.94. The van der Waals surface area contributed by atoms with Crippen LogP contribution in [0.1, 0.15) is 0 Å². The number of rotatable bonds is 2. The lowest BCUT2D eigenvalue weighted by Crippen LogP contribution is -2.31. The molecule has 3 N–H and O–H groups in total. The highest BCUT2D eigenvalue weighted by Gasteiger charge is 2.60. The minimum atomic E-state index is 0.152. The van der Waals surface area contributed by atoms with Crippen LogP contribution in [-0.4, -0.2) is 24.1 Å². The molecule has 4 nitrogen and oxygen atoms in total. The molecule has 4 heteroatoms. The summed E-state index contributed by atoms with van der Waals surface area (Å²) in [6.07, 6.45) is 0. The van der Waals surface area contributed by atoms with Crippen molar-refractivity contribution in [1.82, 2.24) is 0 Å². The molecule has 84 valence electrons. The summed E-state index contributed by atoms with van der Waals surface area (Å²) in [6, 6.07) is 6.75. The fraction of sp³-hybridized carbons (Fsp3) is 0.417. The Morgan fingerprint density at radius 3 is 2.56 bits per heavy atom. The Hall–Kier alpha value is -1.55. The number of nitrogens with two attached hydrogens (primary N) is 1. The van der Waals surface area contributed by atoms with Gasteiger partial charge in [-0.05, 0) is 42.6 Å². The molecule has 1 heterocycles. The van der Waals surface area contributed by atoms with Gasteiger partial charge in [0.1, 0.15) is 5.75 Å². The molecule has 1 aromatic rings. The summed E-state index contributed by atoms with van der Waals surface area (Å²) in [4.78, 5) is 13.8. The number of nitrogens with zero attached hydrogens (tertiary/aromatic N) is 1. The van der Waals surface area contributed by atoms with Gasteiger partial charge in [-0.25, -0.2) is 0 Å². The second kappa shape index (κ2) is 3.22. The third-order valence-corrected chi connectivity index (χ3v) is 3.71. The number of hydrogen-bond donors (Lipinski definition) is 2. The molecule has 1 aliphatic carbocycles. The van der Waals surface area contributed by atoms with Crippen LogP contribution in [-0.2, 0) is 4.79 Å². The number of fused-ring (bicyclic) bond motifs is 1. The first-order valence-electron chi connectivity index (χ1n) is 5.53. The summed E-state index contributed by atoms with van der Waals surface area (Å²) in [5.41, 5.74) is 6.45. The molecule has 2 aliphatic rings. The summed E-state index contributed by atoms with van der Waals surface area (Å²) in [5.74, 6) is 1.41. The highest BCUT2D eigenvalue weighted by atomic mass is 16.3. The zero-order valence-electron chi connectivity index (χ0n) is 8.84. The van der Waals surface area contributed by atoms with E-state index >= 15 is 0 Å². The van der Waals surface area contributed by atoms with E-state index in [1.54, 1.807) is 29.2 Å². The molecule has 1 aliphatic heterocycles. The summed E-state index contributed by atoms with van der Waals surface area (Å²) in [6.45, 7) is 1.39. The van der Waals surface area contributed by atoms with E-state index in [9.17, 15) is 9.90 Å². The maximum atomic E-state index is 12.0. The van der Waals surface area contributed by atoms with Gasteiger partial charge in [0.25, 0.3) is 0 Å². The van der Waals surface area contributed by atoms with Crippen LogP contribution in [0.4, 0.5) is 5.69 Å². The Morgan fingerprint density at radius 1 is 1.38 bits per heavy atom. The molecule has 1 saturated carbocycles. The molecule has 3 atom stereocenters.